The van der Waals surface area contributed by atoms with Gasteiger partial charge < -0.3 is 35.1 Å². The zero-order chi connectivity index (χ0) is 43.4. The summed E-state index contributed by atoms with van der Waals surface area (Å²) in [5, 5.41) is 25.6. The number of rotatable bonds is 19. The molecule has 0 fully saturated rings. The average Bonchev–Trinajstić information content (AvgIpc) is 3.51. The van der Waals surface area contributed by atoms with E-state index in [1.54, 1.807) is 24.3 Å². The van der Waals surface area contributed by atoms with Gasteiger partial charge in [-0.1, -0.05) is 101 Å². The molecule has 0 saturated carbocycles. The van der Waals surface area contributed by atoms with Gasteiger partial charge >= 0.3 is 24.1 Å². The molecule has 0 spiro atoms. The zero-order valence-electron chi connectivity index (χ0n) is 34.4. The third kappa shape index (κ3) is 12.3. The third-order valence-corrected chi connectivity index (χ3v) is 11.1. The first-order chi connectivity index (χ1) is 28.6. The number of hydrogen-bond donors (Lipinski definition) is 4. The van der Waals surface area contributed by atoms with E-state index >= 15 is 0 Å². The Morgan fingerprint density at radius 2 is 1.52 bits per heavy atom. The topological polar surface area (TPSA) is 190 Å². The number of nitrogens with zero attached hydrogens (tertiary/aromatic N) is 1. The molecule has 3 aromatic carbocycles. The van der Waals surface area contributed by atoms with Crippen molar-refractivity contribution in [1.82, 2.24) is 10.6 Å². The molecule has 0 saturated heterocycles. The van der Waals surface area contributed by atoms with E-state index < -0.39 is 36.2 Å². The molecule has 2 amide bonds. The number of aliphatic hydroxyl groups excluding tert-OH is 1. The van der Waals surface area contributed by atoms with Gasteiger partial charge in [0.25, 0.3) is 0 Å². The Kier molecular flexibility index (Phi) is 15.7. The molecule has 0 bridgehead atoms. The van der Waals surface area contributed by atoms with Crippen molar-refractivity contribution in [3.8, 4) is 11.1 Å². The minimum atomic E-state index is -1.27. The van der Waals surface area contributed by atoms with E-state index in [4.69, 9.17) is 19.2 Å². The third-order valence-electron chi connectivity index (χ3n) is 10.0. The molecule has 318 valence electrons. The molecule has 5 rings (SSSR count). The lowest BCUT2D eigenvalue weighted by atomic mass is 9.75. The highest BCUT2D eigenvalue weighted by molar-refractivity contribution is 7.99. The number of amides is 2. The van der Waals surface area contributed by atoms with Crippen LogP contribution < -0.4 is 10.6 Å². The second kappa shape index (κ2) is 20.9. The lowest BCUT2D eigenvalue weighted by Crippen LogP contribution is -2.44. The number of alkyl carbamates (subject to hydrolysis) is 2. The number of carboxylic acid groups (broad SMARTS) is 1. The van der Waals surface area contributed by atoms with E-state index in [9.17, 15) is 34.2 Å². The first-order valence-corrected chi connectivity index (χ1v) is 21.1. The van der Waals surface area contributed by atoms with Gasteiger partial charge in [0.1, 0.15) is 37.7 Å². The van der Waals surface area contributed by atoms with E-state index in [1.165, 1.54) is 17.8 Å². The first kappa shape index (κ1) is 45.2. The molecular formula is C46H53N3O10S. The lowest BCUT2D eigenvalue weighted by molar-refractivity contribution is -0.146. The fourth-order valence-corrected chi connectivity index (χ4v) is 8.24. The summed E-state index contributed by atoms with van der Waals surface area (Å²) in [5.74, 6) is -1.85. The second-order valence-corrected chi connectivity index (χ2v) is 17.2. The lowest BCUT2D eigenvalue weighted by Gasteiger charge is -2.30. The van der Waals surface area contributed by atoms with E-state index in [2.05, 4.69) is 17.2 Å². The number of fused-ring (bicyclic) bond motifs is 3. The number of aliphatic hydroxyl groups is 1. The largest absolute Gasteiger partial charge is 0.511 e. The Morgan fingerprint density at radius 1 is 0.900 bits per heavy atom. The molecule has 2 aliphatic rings. The van der Waals surface area contributed by atoms with Crippen molar-refractivity contribution in [3.05, 3.63) is 113 Å². The second-order valence-electron chi connectivity index (χ2n) is 16.0. The number of Topliss-reactive ketones (excluding diaryl/α,β-unsaturated/α-hetero) is 1. The van der Waals surface area contributed by atoms with Gasteiger partial charge in [0.05, 0.1) is 17.0 Å². The maximum absolute atomic E-state index is 13.3. The van der Waals surface area contributed by atoms with Crippen molar-refractivity contribution < 1.29 is 48.4 Å². The SMILES string of the molecule is C=CCOC(=O)N[C@@H](CSCC[C@H](NC(=O)OCC1c2ccccc2-c2ccccc21)C(=O)O)C(=O)OCc1ccc(N=C(CC(C)C)C2=C(O)CC(C)(C)CC2=O)cc1. The summed E-state index contributed by atoms with van der Waals surface area (Å²) in [6.07, 6.45) is 0.862. The number of carbonyl (C=O) groups is 5. The monoisotopic (exact) mass is 839 g/mol. The molecule has 0 unspecified atom stereocenters. The number of benzene rings is 3. The Hall–Kier alpha value is -5.89. The number of thioether (sulfide) groups is 1. The van der Waals surface area contributed by atoms with Crippen molar-refractivity contribution in [2.75, 3.05) is 24.7 Å². The highest BCUT2D eigenvalue weighted by Crippen LogP contribution is 2.44. The summed E-state index contributed by atoms with van der Waals surface area (Å²) in [6.45, 7) is 11.3. The smallest absolute Gasteiger partial charge is 0.408 e. The van der Waals surface area contributed by atoms with Crippen LogP contribution in [0, 0.1) is 11.3 Å². The maximum atomic E-state index is 13.3. The number of aliphatic imine (C=N–C) groups is 1. The van der Waals surface area contributed by atoms with Gasteiger partial charge in [-0.25, -0.2) is 19.2 Å². The minimum Gasteiger partial charge on any atom is -0.511 e. The number of allylic oxidation sites excluding steroid dienone is 2. The molecule has 4 N–H and O–H groups in total. The molecule has 13 nitrogen and oxygen atoms in total. The molecule has 14 heteroatoms. The summed E-state index contributed by atoms with van der Waals surface area (Å²) in [7, 11) is 0. The molecule has 0 aromatic heterocycles. The van der Waals surface area contributed by atoms with E-state index in [-0.39, 0.29) is 72.1 Å². The van der Waals surface area contributed by atoms with Crippen molar-refractivity contribution in [2.24, 2.45) is 16.3 Å². The Labute approximate surface area is 354 Å². The van der Waals surface area contributed by atoms with Crippen LogP contribution in [0.1, 0.15) is 76.0 Å². The summed E-state index contributed by atoms with van der Waals surface area (Å²) >= 11 is 1.18. The van der Waals surface area contributed by atoms with Crippen LogP contribution in [-0.4, -0.2) is 82.6 Å². The van der Waals surface area contributed by atoms with E-state index in [0.29, 0.717) is 36.2 Å². The highest BCUT2D eigenvalue weighted by Gasteiger charge is 2.35. The number of hydrogen-bond acceptors (Lipinski definition) is 11. The summed E-state index contributed by atoms with van der Waals surface area (Å²) in [5.41, 5.74) is 5.87. The van der Waals surface area contributed by atoms with Crippen molar-refractivity contribution >= 4 is 53.1 Å². The first-order valence-electron chi connectivity index (χ1n) is 19.9. The predicted molar refractivity (Wildman–Crippen MR) is 231 cm³/mol. The fourth-order valence-electron chi connectivity index (χ4n) is 7.21. The van der Waals surface area contributed by atoms with Crippen molar-refractivity contribution in [3.63, 3.8) is 0 Å². The van der Waals surface area contributed by atoms with Crippen LogP contribution in [0.5, 0.6) is 0 Å². The molecular weight excluding hydrogens is 787 g/mol. The van der Waals surface area contributed by atoms with Crippen LogP contribution >= 0.6 is 11.8 Å². The predicted octanol–water partition coefficient (Wildman–Crippen LogP) is 8.45. The summed E-state index contributed by atoms with van der Waals surface area (Å²) in [6, 6.07) is 20.3. The van der Waals surface area contributed by atoms with E-state index in [1.807, 2.05) is 76.2 Å². The molecule has 2 atom stereocenters. The van der Waals surface area contributed by atoms with Crippen LogP contribution in [0.4, 0.5) is 15.3 Å². The minimum absolute atomic E-state index is 0.00361. The summed E-state index contributed by atoms with van der Waals surface area (Å²) < 4.78 is 16.1. The molecule has 0 aliphatic heterocycles. The highest BCUT2D eigenvalue weighted by atomic mass is 32.2. The standard InChI is InChI=1S/C46H53N3O10S/c1-6-20-57-44(55)49-38(43(54)58-25-29-15-17-30(18-16-29)47-37(22-28(2)3)41-39(50)23-46(4,5)24-40(41)51)27-60-21-19-36(42(52)53)48-45(56)59-26-35-33-13-9-7-11-31(33)32-12-8-10-14-34(32)35/h6-18,28,35-36,38,50H,1,19-27H2,2-5H3,(H,48,56)(H,49,55)(H,52,53)/t36-,38-/m0/s1. The van der Waals surface area contributed by atoms with Gasteiger partial charge in [-0.15, -0.1) is 0 Å². The van der Waals surface area contributed by atoms with Gasteiger partial charge in [-0.3, -0.25) is 9.79 Å². The van der Waals surface area contributed by atoms with Crippen LogP contribution in [-0.2, 0) is 35.2 Å². The molecule has 60 heavy (non-hydrogen) atoms. The van der Waals surface area contributed by atoms with Crippen LogP contribution in [0.25, 0.3) is 11.1 Å². The molecule has 0 heterocycles. The normalized spacial score (nSPS) is 15.7. The number of esters is 1. The zero-order valence-corrected chi connectivity index (χ0v) is 35.2. The summed E-state index contributed by atoms with van der Waals surface area (Å²) in [4.78, 5) is 68.4. The Morgan fingerprint density at radius 3 is 2.12 bits per heavy atom. The van der Waals surface area contributed by atoms with Gasteiger partial charge in [0, 0.05) is 24.5 Å². The van der Waals surface area contributed by atoms with Crippen LogP contribution in [0.3, 0.4) is 0 Å². The Balaban J connectivity index is 1.15. The van der Waals surface area contributed by atoms with Gasteiger partial charge in [-0.2, -0.15) is 11.8 Å². The van der Waals surface area contributed by atoms with Crippen LogP contribution in [0.2, 0.25) is 0 Å². The average molecular weight is 840 g/mol. The number of ether oxygens (including phenoxy) is 3. The number of ketones is 1. The van der Waals surface area contributed by atoms with Crippen LogP contribution in [0.15, 0.2) is 102 Å². The number of carbonyl (C=O) groups excluding carboxylic acids is 4. The van der Waals surface area contributed by atoms with E-state index in [0.717, 1.165) is 22.3 Å². The van der Waals surface area contributed by atoms with Crippen molar-refractivity contribution in [2.45, 2.75) is 78.0 Å². The molecule has 0 radical (unpaired) electrons. The molecule has 3 aromatic rings. The maximum Gasteiger partial charge on any atom is 0.408 e. The Bertz CT molecular complexity index is 2080. The quantitative estimate of drug-likeness (QED) is 0.0298. The van der Waals surface area contributed by atoms with Gasteiger partial charge in [-0.05, 0) is 69.9 Å². The fraction of sp³-hybridized carbons (Fsp3) is 0.391. The van der Waals surface area contributed by atoms with Gasteiger partial charge in [0.15, 0.2) is 5.78 Å². The number of aliphatic carboxylic acids is 1. The van der Waals surface area contributed by atoms with Crippen molar-refractivity contribution in [1.29, 1.82) is 0 Å². The molecule has 2 aliphatic carbocycles. The van der Waals surface area contributed by atoms with Gasteiger partial charge in [0.2, 0.25) is 0 Å². The number of carboxylic acids is 1. The number of nitrogens with one attached hydrogen (secondary N) is 2.